The Morgan fingerprint density at radius 2 is 2.04 bits per heavy atom. The number of carbonyl (C=O) groups is 2. The molecule has 1 amide bonds. The van der Waals surface area contributed by atoms with Crippen LogP contribution in [0.5, 0.6) is 0 Å². The number of esters is 1. The minimum Gasteiger partial charge on any atom is -0.455 e. The lowest BCUT2D eigenvalue weighted by Gasteiger charge is -2.58. The van der Waals surface area contributed by atoms with Gasteiger partial charge in [0.1, 0.15) is 0 Å². The van der Waals surface area contributed by atoms with Crippen molar-refractivity contribution in [3.8, 4) is 0 Å². The van der Waals surface area contributed by atoms with Crippen LogP contribution in [0.2, 0.25) is 0 Å². The van der Waals surface area contributed by atoms with Gasteiger partial charge in [-0.2, -0.15) is 0 Å². The van der Waals surface area contributed by atoms with Crippen molar-refractivity contribution >= 4 is 34.8 Å². The van der Waals surface area contributed by atoms with Gasteiger partial charge in [0, 0.05) is 9.75 Å². The first-order valence-electron chi connectivity index (χ1n) is 8.62. The van der Waals surface area contributed by atoms with Gasteiger partial charge in [-0.1, -0.05) is 6.07 Å². The van der Waals surface area contributed by atoms with Crippen LogP contribution in [0.4, 0.5) is 0 Å². The van der Waals surface area contributed by atoms with Crippen LogP contribution in [0.3, 0.4) is 0 Å². The Kier molecular flexibility index (Phi) is 4.12. The SMILES string of the molecule is O=C(COC(=O)C12C[C@@H]3C[C@@H](CC(Cl)(C3)C1)C2)NCc1cccs1. The molecule has 1 aromatic heterocycles. The molecule has 0 saturated heterocycles. The molecule has 4 saturated carbocycles. The summed E-state index contributed by atoms with van der Waals surface area (Å²) in [6, 6.07) is 3.91. The van der Waals surface area contributed by atoms with E-state index in [9.17, 15) is 9.59 Å². The van der Waals surface area contributed by atoms with Crippen molar-refractivity contribution in [2.45, 2.75) is 49.9 Å². The van der Waals surface area contributed by atoms with Crippen molar-refractivity contribution in [1.82, 2.24) is 5.32 Å². The smallest absolute Gasteiger partial charge is 0.312 e. The van der Waals surface area contributed by atoms with Crippen LogP contribution in [-0.2, 0) is 20.9 Å². The Labute approximate surface area is 150 Å². The van der Waals surface area contributed by atoms with E-state index < -0.39 is 5.41 Å². The summed E-state index contributed by atoms with van der Waals surface area (Å²) in [5.74, 6) is 0.628. The van der Waals surface area contributed by atoms with Gasteiger partial charge in [0.2, 0.25) is 0 Å². The van der Waals surface area contributed by atoms with Crippen LogP contribution in [0, 0.1) is 17.3 Å². The first-order chi connectivity index (χ1) is 11.5. The molecule has 0 radical (unpaired) electrons. The zero-order valence-corrected chi connectivity index (χ0v) is 15.1. The third-order valence-electron chi connectivity index (χ3n) is 5.80. The Morgan fingerprint density at radius 3 is 2.67 bits per heavy atom. The molecule has 1 heterocycles. The quantitative estimate of drug-likeness (QED) is 0.640. The van der Waals surface area contributed by atoms with E-state index in [1.54, 1.807) is 11.3 Å². The van der Waals surface area contributed by atoms with E-state index >= 15 is 0 Å². The number of thiophene rings is 1. The van der Waals surface area contributed by atoms with Gasteiger partial charge >= 0.3 is 5.97 Å². The van der Waals surface area contributed by atoms with Crippen LogP contribution >= 0.6 is 22.9 Å². The summed E-state index contributed by atoms with van der Waals surface area (Å²) in [6.45, 7) is 0.282. The van der Waals surface area contributed by atoms with E-state index in [0.717, 1.165) is 30.6 Å². The molecule has 4 fully saturated rings. The summed E-state index contributed by atoms with van der Waals surface area (Å²) in [7, 11) is 0. The fourth-order valence-electron chi connectivity index (χ4n) is 5.32. The molecular weight excluding hydrogens is 346 g/mol. The van der Waals surface area contributed by atoms with Crippen molar-refractivity contribution in [3.05, 3.63) is 22.4 Å². The van der Waals surface area contributed by atoms with Gasteiger partial charge in [0.25, 0.3) is 5.91 Å². The fourth-order valence-corrected chi connectivity index (χ4v) is 6.66. The highest BCUT2D eigenvalue weighted by Gasteiger charge is 2.60. The van der Waals surface area contributed by atoms with Gasteiger partial charge in [-0.15, -0.1) is 22.9 Å². The minimum absolute atomic E-state index is 0.198. The Morgan fingerprint density at radius 1 is 1.29 bits per heavy atom. The maximum absolute atomic E-state index is 12.7. The normalized spacial score (nSPS) is 36.5. The molecule has 6 heteroatoms. The lowest BCUT2D eigenvalue weighted by Crippen LogP contribution is -2.56. The van der Waals surface area contributed by atoms with Crippen molar-refractivity contribution < 1.29 is 14.3 Å². The fraction of sp³-hybridized carbons (Fsp3) is 0.667. The topological polar surface area (TPSA) is 55.4 Å². The second-order valence-electron chi connectivity index (χ2n) is 7.82. The van der Waals surface area contributed by atoms with Gasteiger partial charge in [0.15, 0.2) is 6.61 Å². The molecule has 0 aromatic carbocycles. The van der Waals surface area contributed by atoms with Gasteiger partial charge < -0.3 is 10.1 Å². The highest BCUT2D eigenvalue weighted by Crippen LogP contribution is 2.64. The first kappa shape index (κ1) is 16.4. The molecule has 4 aliphatic carbocycles. The third kappa shape index (κ3) is 3.08. The molecule has 4 bridgehead atoms. The predicted octanol–water partition coefficient (Wildman–Crippen LogP) is 3.49. The zero-order chi connectivity index (χ0) is 16.8. The Hall–Kier alpha value is -1.07. The van der Waals surface area contributed by atoms with E-state index in [-0.39, 0.29) is 23.4 Å². The summed E-state index contributed by atoms with van der Waals surface area (Å²) in [4.78, 5) is 25.5. The van der Waals surface area contributed by atoms with Gasteiger partial charge in [-0.3, -0.25) is 9.59 Å². The largest absolute Gasteiger partial charge is 0.455 e. The van der Waals surface area contributed by atoms with Crippen molar-refractivity contribution in [3.63, 3.8) is 0 Å². The molecule has 1 N–H and O–H groups in total. The molecule has 130 valence electrons. The average Bonchev–Trinajstić information content (AvgIpc) is 3.01. The Bertz CT molecular complexity index is 631. The summed E-state index contributed by atoms with van der Waals surface area (Å²) in [5.41, 5.74) is -0.445. The standard InChI is InChI=1S/C18H22ClNO3S/c19-18-7-12-4-13(8-18)6-17(5-12,11-18)16(22)23-10-15(21)20-9-14-2-1-3-24-14/h1-3,12-13H,4-11H2,(H,20,21)/t12-,13+,17?,18?. The molecule has 1 aromatic rings. The number of amides is 1. The summed E-state index contributed by atoms with van der Waals surface area (Å²) < 4.78 is 5.40. The van der Waals surface area contributed by atoms with Crippen LogP contribution in [0.1, 0.15) is 43.4 Å². The monoisotopic (exact) mass is 367 g/mol. The van der Waals surface area contributed by atoms with Crippen molar-refractivity contribution in [1.29, 1.82) is 0 Å². The van der Waals surface area contributed by atoms with E-state index in [2.05, 4.69) is 5.32 Å². The van der Waals surface area contributed by atoms with Gasteiger partial charge in [-0.25, -0.2) is 0 Å². The zero-order valence-electron chi connectivity index (χ0n) is 13.6. The Balaban J connectivity index is 1.32. The lowest BCUT2D eigenvalue weighted by molar-refractivity contribution is -0.171. The van der Waals surface area contributed by atoms with E-state index in [1.807, 2.05) is 17.5 Å². The number of rotatable bonds is 5. The van der Waals surface area contributed by atoms with Crippen LogP contribution in [-0.4, -0.2) is 23.4 Å². The summed E-state index contributed by atoms with van der Waals surface area (Å²) >= 11 is 8.34. The van der Waals surface area contributed by atoms with Gasteiger partial charge in [0.05, 0.1) is 12.0 Å². The number of carbonyl (C=O) groups excluding carboxylic acids is 2. The van der Waals surface area contributed by atoms with Crippen molar-refractivity contribution in [2.75, 3.05) is 6.61 Å². The molecule has 0 spiro atoms. The number of hydrogen-bond acceptors (Lipinski definition) is 4. The summed E-state index contributed by atoms with van der Waals surface area (Å²) in [6.07, 6.45) is 5.74. The van der Waals surface area contributed by atoms with E-state index in [0.29, 0.717) is 24.8 Å². The second kappa shape index (κ2) is 6.03. The number of ether oxygens (including phenoxy) is 1. The van der Waals surface area contributed by atoms with Crippen LogP contribution < -0.4 is 5.32 Å². The van der Waals surface area contributed by atoms with E-state index in [4.69, 9.17) is 16.3 Å². The number of nitrogens with one attached hydrogen (secondary N) is 1. The molecular formula is C18H22ClNO3S. The summed E-state index contributed by atoms with van der Waals surface area (Å²) in [5, 5.41) is 4.76. The molecule has 4 atom stereocenters. The minimum atomic E-state index is -0.445. The highest BCUT2D eigenvalue weighted by atomic mass is 35.5. The predicted molar refractivity (Wildman–Crippen MR) is 92.8 cm³/mol. The maximum Gasteiger partial charge on any atom is 0.312 e. The second-order valence-corrected chi connectivity index (χ2v) is 9.66. The highest BCUT2D eigenvalue weighted by molar-refractivity contribution is 7.09. The van der Waals surface area contributed by atoms with Gasteiger partial charge in [-0.05, 0) is 61.8 Å². The molecule has 2 unspecified atom stereocenters. The van der Waals surface area contributed by atoms with E-state index in [1.165, 1.54) is 6.42 Å². The molecule has 24 heavy (non-hydrogen) atoms. The number of halogens is 1. The average molecular weight is 368 g/mol. The third-order valence-corrected chi connectivity index (χ3v) is 7.12. The van der Waals surface area contributed by atoms with Crippen LogP contribution in [0.25, 0.3) is 0 Å². The van der Waals surface area contributed by atoms with Crippen molar-refractivity contribution in [2.24, 2.45) is 17.3 Å². The maximum atomic E-state index is 12.7. The lowest BCUT2D eigenvalue weighted by atomic mass is 9.49. The first-order valence-corrected chi connectivity index (χ1v) is 9.87. The molecule has 4 aliphatic rings. The molecule has 0 aliphatic heterocycles. The molecule has 5 rings (SSSR count). The number of alkyl halides is 1. The number of hydrogen-bond donors (Lipinski definition) is 1. The van der Waals surface area contributed by atoms with Crippen LogP contribution in [0.15, 0.2) is 17.5 Å². The molecule has 4 nitrogen and oxygen atoms in total.